The van der Waals surface area contributed by atoms with Crippen molar-refractivity contribution in [3.63, 3.8) is 0 Å². The van der Waals surface area contributed by atoms with Gasteiger partial charge in [0.2, 0.25) is 41.4 Å². The van der Waals surface area contributed by atoms with Crippen LogP contribution < -0.4 is 65.9 Å². The number of rotatable bonds is 54. The standard InChI is InChI=1S/C75H121N19O23S2/c1-7-9-11-13-15-17-22-50(99)82-25-19-20-28-94(52(100)23-18-16-14-12-10-8-2)29-21-26-83-68(108)45-35-119-72(89-45)46-36-118-51(88-46)24-27-84-69(109)54(41(6)97)91-67(107)39(4)56(101)40(5)87-71(111)55(92-70(110)53-38(3)64(78)93-66(90-53)43(30-49(77)98)85-31-42(76)65(79)106)61(44-32-81-37-86-44)115-74-63(59(104)57(102)47(33-95)114-74)116-73-60(105)62(117-75(80)112)58(103)48(34-96)113-73/h32,35-37,39-43,47-48,54-63,73-74,85,95-97,101-105H,7-31,33-34,76H2,1-6H3,(H2,77,98)(H2,79,106)(H2,80,112)(H,81,86)(H,82,99)(H,83,108)(H,84,109)(H,87,111)(H,91,107)(H,92,110)(H2,78,90,93)/t39-,40+,41+,42-,43-,47-,48+,54-,55-,56-,57+,58+,59-,60-,61-,62-,63-,73+,74-/m0/s1. The Hall–Kier alpha value is -8.71. The molecule has 26 N–H and O–H groups in total. The van der Waals surface area contributed by atoms with Crippen LogP contribution in [0, 0.1) is 12.8 Å². The van der Waals surface area contributed by atoms with Crippen LogP contribution in [0.1, 0.15) is 205 Å². The molecule has 0 unspecified atom stereocenters. The Labute approximate surface area is 697 Å². The predicted molar refractivity (Wildman–Crippen MR) is 430 cm³/mol. The lowest BCUT2D eigenvalue weighted by molar-refractivity contribution is -0.372. The summed E-state index contributed by atoms with van der Waals surface area (Å²) in [4.78, 5) is 160. The number of thiazole rings is 2. The maximum absolute atomic E-state index is 15.3. The minimum absolute atomic E-state index is 0.0440. The summed E-state index contributed by atoms with van der Waals surface area (Å²) in [5.74, 6) is -8.78. The number of ether oxygens (including phenoxy) is 5. The fraction of sp³-hybridized carbons (Fsp3) is 0.693. The van der Waals surface area contributed by atoms with E-state index in [9.17, 15) is 79.2 Å². The van der Waals surface area contributed by atoms with Gasteiger partial charge in [-0.3, -0.25) is 43.2 Å². The summed E-state index contributed by atoms with van der Waals surface area (Å²) in [6, 6.07) is -7.95. The zero-order chi connectivity index (χ0) is 87.6. The number of carbonyl (C=O) groups excluding carboxylic acids is 10. The highest BCUT2D eigenvalue weighted by Crippen LogP contribution is 2.35. The second-order valence-electron chi connectivity index (χ2n) is 29.6. The first-order chi connectivity index (χ1) is 56.7. The number of nitrogens with zero attached hydrogens (tertiary/aromatic N) is 6. The minimum atomic E-state index is -2.21. The quantitative estimate of drug-likeness (QED) is 0.0206. The van der Waals surface area contributed by atoms with Crippen molar-refractivity contribution in [2.24, 2.45) is 28.9 Å². The fourth-order valence-corrected chi connectivity index (χ4v) is 14.7. The Morgan fingerprint density at radius 2 is 1.31 bits per heavy atom. The number of carbonyl (C=O) groups is 10. The van der Waals surface area contributed by atoms with Gasteiger partial charge in [0.1, 0.15) is 94.6 Å². The largest absolute Gasteiger partial charge is 0.441 e. The molecule has 0 spiro atoms. The van der Waals surface area contributed by atoms with Gasteiger partial charge in [0.25, 0.3) is 11.8 Å². The third-order valence-corrected chi connectivity index (χ3v) is 22.0. The predicted octanol–water partition coefficient (Wildman–Crippen LogP) is -2.36. The highest BCUT2D eigenvalue weighted by atomic mass is 32.1. The molecule has 44 heteroatoms. The number of nitrogens with two attached hydrogens (primary N) is 5. The first-order valence-electron chi connectivity index (χ1n) is 40.2. The van der Waals surface area contributed by atoms with Gasteiger partial charge in [0.15, 0.2) is 18.7 Å². The van der Waals surface area contributed by atoms with Crippen LogP contribution in [0.3, 0.4) is 0 Å². The number of amides is 10. The molecule has 19 atom stereocenters. The molecular weight excluding hydrogens is 1600 g/mol. The van der Waals surface area contributed by atoms with E-state index in [1.807, 2.05) is 4.90 Å². The Morgan fingerprint density at radius 1 is 0.664 bits per heavy atom. The van der Waals surface area contributed by atoms with Crippen molar-refractivity contribution in [2.75, 3.05) is 58.2 Å². The molecule has 0 bridgehead atoms. The van der Waals surface area contributed by atoms with Crippen molar-refractivity contribution in [1.82, 2.24) is 72.0 Å². The Kier molecular flexibility index (Phi) is 42.1. The summed E-state index contributed by atoms with van der Waals surface area (Å²) in [6.07, 6.45) is -9.48. The van der Waals surface area contributed by atoms with Gasteiger partial charge < -0.3 is 140 Å². The summed E-state index contributed by atoms with van der Waals surface area (Å²) in [7, 11) is 0. The molecular formula is C75H121N19O23S2. The van der Waals surface area contributed by atoms with Crippen LogP contribution in [-0.2, 0) is 63.7 Å². The Morgan fingerprint density at radius 3 is 1.95 bits per heavy atom. The van der Waals surface area contributed by atoms with Crippen LogP contribution in [-0.4, -0.2) is 285 Å². The highest BCUT2D eigenvalue weighted by molar-refractivity contribution is 7.14. The normalized spacial score (nSPS) is 21.5. The van der Waals surface area contributed by atoms with Gasteiger partial charge in [-0.15, -0.1) is 22.7 Å². The number of aliphatic hydroxyl groups excluding tert-OH is 8. The molecule has 2 aliphatic heterocycles. The number of nitrogen functional groups attached to an aromatic ring is 1. The van der Waals surface area contributed by atoms with E-state index in [1.165, 1.54) is 76.1 Å². The number of primary amides is 3. The smallest absolute Gasteiger partial charge is 0.404 e. The van der Waals surface area contributed by atoms with Crippen LogP contribution in [0.4, 0.5) is 10.6 Å². The number of aliphatic hydroxyl groups is 8. The lowest BCUT2D eigenvalue weighted by Gasteiger charge is -2.47. The van der Waals surface area contributed by atoms with Gasteiger partial charge in [-0.05, 0) is 52.9 Å². The summed E-state index contributed by atoms with van der Waals surface area (Å²) in [5, 5.41) is 112. The summed E-state index contributed by atoms with van der Waals surface area (Å²) < 4.78 is 28.9. The molecule has 0 aliphatic carbocycles. The van der Waals surface area contributed by atoms with E-state index in [0.29, 0.717) is 54.6 Å². The molecule has 119 heavy (non-hydrogen) atoms. The number of hydrogen-bond donors (Lipinski definition) is 21. The maximum Gasteiger partial charge on any atom is 0.404 e. The molecule has 42 nitrogen and oxygen atoms in total. The van der Waals surface area contributed by atoms with Gasteiger partial charge in [0.05, 0.1) is 72.7 Å². The first kappa shape index (κ1) is 99.1. The van der Waals surface area contributed by atoms with Crippen molar-refractivity contribution in [2.45, 2.75) is 273 Å². The fourth-order valence-electron chi connectivity index (χ4n) is 13.1. The summed E-state index contributed by atoms with van der Waals surface area (Å²) in [6.45, 7) is 8.73. The van der Waals surface area contributed by atoms with Crippen LogP contribution >= 0.6 is 22.7 Å². The molecule has 4 aromatic heterocycles. The molecule has 2 saturated heterocycles. The van der Waals surface area contributed by atoms with E-state index in [2.05, 4.69) is 81.0 Å². The maximum atomic E-state index is 15.3. The van der Waals surface area contributed by atoms with Crippen molar-refractivity contribution in [3.05, 3.63) is 56.8 Å². The van der Waals surface area contributed by atoms with E-state index in [4.69, 9.17) is 52.4 Å². The third-order valence-electron chi connectivity index (χ3n) is 20.2. The van der Waals surface area contributed by atoms with Gasteiger partial charge in [-0.1, -0.05) is 85.0 Å². The molecule has 0 saturated carbocycles. The molecule has 2 fully saturated rings. The number of unbranched alkanes of at least 4 members (excludes halogenated alkanes) is 11. The number of imidazole rings is 1. The number of H-pyrrole nitrogens is 1. The van der Waals surface area contributed by atoms with E-state index in [1.54, 1.807) is 10.8 Å². The van der Waals surface area contributed by atoms with E-state index < -0.39 is 189 Å². The second-order valence-corrected chi connectivity index (χ2v) is 31.4. The van der Waals surface area contributed by atoms with Crippen LogP contribution in [0.5, 0.6) is 0 Å². The zero-order valence-corrected chi connectivity index (χ0v) is 69.6. The lowest BCUT2D eigenvalue weighted by Crippen LogP contribution is -2.65. The van der Waals surface area contributed by atoms with Gasteiger partial charge >= 0.3 is 6.09 Å². The van der Waals surface area contributed by atoms with Crippen molar-refractivity contribution >= 4 is 87.7 Å². The average Bonchev–Trinajstić information content (AvgIpc) is 0.983. The second kappa shape index (κ2) is 50.5. The Bertz CT molecular complexity index is 3870. The van der Waals surface area contributed by atoms with Crippen molar-refractivity contribution in [3.8, 4) is 10.7 Å². The SMILES string of the molecule is CCCCCCCCC(=O)NCCCCN(CCCNC(=O)c1csc(-c2csc(CCNC(=O)[C@@H](NC(=O)[C@@H](C)[C@H](O)[C@@H](C)NC(=O)[C@@H](NC(=O)c3nc([C@H](CC(N)=O)NC[C@H](N)C(N)=O)nc(N)c3C)[C@@H](O[C@@H]3O[C@@H](CO)[C@@H](O)[C@H](O)[C@@H]3O[C@H]3O[C@H](CO)[C@@H](O)[C@H](OC(N)=O)[C@@H]3O)c3cnc[nH]3)[C@@H](C)O)n2)n1)C(=O)CCCCCCCC. The van der Waals surface area contributed by atoms with E-state index in [0.717, 1.165) is 76.7 Å². The van der Waals surface area contributed by atoms with E-state index in [-0.39, 0.29) is 66.5 Å². The molecule has 4 aromatic rings. The number of nitrogens with one attached hydrogen (secondary N) is 8. The van der Waals surface area contributed by atoms with E-state index >= 15 is 9.59 Å². The van der Waals surface area contributed by atoms with Crippen LogP contribution in [0.25, 0.3) is 10.7 Å². The zero-order valence-electron chi connectivity index (χ0n) is 68.0. The van der Waals surface area contributed by atoms with Crippen LogP contribution in [0.15, 0.2) is 23.3 Å². The first-order valence-corrected chi connectivity index (χ1v) is 42.0. The van der Waals surface area contributed by atoms with Crippen molar-refractivity contribution < 1.29 is 112 Å². The van der Waals surface area contributed by atoms with Crippen molar-refractivity contribution in [1.29, 1.82) is 0 Å². The summed E-state index contributed by atoms with van der Waals surface area (Å²) in [5.41, 5.74) is 28.0. The number of anilines is 1. The van der Waals surface area contributed by atoms with Gasteiger partial charge in [0, 0.05) is 81.3 Å². The highest BCUT2D eigenvalue weighted by Gasteiger charge is 2.54. The molecule has 0 aromatic carbocycles. The van der Waals surface area contributed by atoms with Gasteiger partial charge in [-0.25, -0.2) is 29.7 Å². The number of aromatic nitrogens is 6. The Balaban J connectivity index is 1.13. The molecule has 6 rings (SSSR count). The lowest BCUT2D eigenvalue weighted by atomic mass is 9.96. The summed E-state index contributed by atoms with van der Waals surface area (Å²) >= 11 is 2.46. The number of hydrogen-bond acceptors (Lipinski definition) is 33. The molecule has 0 radical (unpaired) electrons. The van der Waals surface area contributed by atoms with Gasteiger partial charge in [-0.2, -0.15) is 0 Å². The molecule has 6 heterocycles. The monoisotopic (exact) mass is 1720 g/mol. The topological polar surface area (TPSA) is 676 Å². The molecule has 10 amide bonds. The molecule has 2 aliphatic rings. The number of aromatic amines is 1. The third kappa shape index (κ3) is 30.7. The van der Waals surface area contributed by atoms with Crippen LogP contribution in [0.2, 0.25) is 0 Å². The average molecular weight is 1720 g/mol. The molecule has 666 valence electrons. The minimum Gasteiger partial charge on any atom is -0.441 e.